The van der Waals surface area contributed by atoms with Crippen LogP contribution in [0.1, 0.15) is 48.5 Å². The number of hydrogen-bond donors (Lipinski definition) is 0. The fourth-order valence-corrected chi connectivity index (χ4v) is 2.03. The van der Waals surface area contributed by atoms with Crippen molar-refractivity contribution in [2.75, 3.05) is 0 Å². The SMILES string of the molecule is CCCc1ccc(C(=O)C2CCC2)cc1. The van der Waals surface area contributed by atoms with Crippen LogP contribution in [0, 0.1) is 5.92 Å². The molecule has 0 bridgehead atoms. The van der Waals surface area contributed by atoms with E-state index in [-0.39, 0.29) is 0 Å². The maximum atomic E-state index is 11.9. The van der Waals surface area contributed by atoms with Gasteiger partial charge < -0.3 is 0 Å². The molecule has 1 aromatic carbocycles. The van der Waals surface area contributed by atoms with Crippen LogP contribution in [0.5, 0.6) is 0 Å². The average molecular weight is 202 g/mol. The zero-order valence-corrected chi connectivity index (χ0v) is 9.33. The Kier molecular flexibility index (Phi) is 3.20. The molecule has 0 aromatic heterocycles. The van der Waals surface area contributed by atoms with Crippen LogP contribution in [0.4, 0.5) is 0 Å². The lowest BCUT2D eigenvalue weighted by Crippen LogP contribution is -2.21. The van der Waals surface area contributed by atoms with E-state index in [1.165, 1.54) is 12.0 Å². The average Bonchev–Trinajstić information content (AvgIpc) is 2.16. The summed E-state index contributed by atoms with van der Waals surface area (Å²) in [6.07, 6.45) is 5.68. The summed E-state index contributed by atoms with van der Waals surface area (Å²) in [5.41, 5.74) is 2.24. The van der Waals surface area contributed by atoms with Crippen molar-refractivity contribution in [2.45, 2.75) is 39.0 Å². The Morgan fingerprint density at radius 2 is 1.93 bits per heavy atom. The highest BCUT2D eigenvalue weighted by atomic mass is 16.1. The zero-order valence-electron chi connectivity index (χ0n) is 9.33. The molecule has 2 rings (SSSR count). The van der Waals surface area contributed by atoms with Crippen molar-refractivity contribution < 1.29 is 4.79 Å². The van der Waals surface area contributed by atoms with E-state index in [9.17, 15) is 4.79 Å². The first-order valence-electron chi connectivity index (χ1n) is 5.94. The van der Waals surface area contributed by atoms with Gasteiger partial charge in [-0.15, -0.1) is 0 Å². The molecule has 0 unspecified atom stereocenters. The van der Waals surface area contributed by atoms with E-state index >= 15 is 0 Å². The lowest BCUT2D eigenvalue weighted by atomic mass is 9.80. The van der Waals surface area contributed by atoms with E-state index in [4.69, 9.17) is 0 Å². The highest BCUT2D eigenvalue weighted by molar-refractivity contribution is 5.98. The first kappa shape index (κ1) is 10.4. The van der Waals surface area contributed by atoms with Gasteiger partial charge in [0.05, 0.1) is 0 Å². The highest BCUT2D eigenvalue weighted by Gasteiger charge is 2.25. The van der Waals surface area contributed by atoms with Crippen molar-refractivity contribution in [1.82, 2.24) is 0 Å². The van der Waals surface area contributed by atoms with Gasteiger partial charge in [0.1, 0.15) is 0 Å². The minimum Gasteiger partial charge on any atom is -0.294 e. The third-order valence-electron chi connectivity index (χ3n) is 3.25. The fraction of sp³-hybridized carbons (Fsp3) is 0.500. The third-order valence-corrected chi connectivity index (χ3v) is 3.25. The standard InChI is InChI=1S/C14H18O/c1-2-4-11-7-9-13(10-8-11)14(15)12-5-3-6-12/h7-10,12H,2-6H2,1H3. The number of Topliss-reactive ketones (excluding diaryl/α,β-unsaturated/α-hetero) is 1. The van der Waals surface area contributed by atoms with E-state index in [2.05, 4.69) is 19.1 Å². The Hall–Kier alpha value is -1.11. The Balaban J connectivity index is 2.05. The highest BCUT2D eigenvalue weighted by Crippen LogP contribution is 2.29. The second kappa shape index (κ2) is 4.61. The first-order chi connectivity index (χ1) is 7.31. The van der Waals surface area contributed by atoms with Crippen LogP contribution >= 0.6 is 0 Å². The van der Waals surface area contributed by atoms with Gasteiger partial charge in [0.25, 0.3) is 0 Å². The van der Waals surface area contributed by atoms with E-state index in [0.717, 1.165) is 31.2 Å². The molecule has 0 heterocycles. The van der Waals surface area contributed by atoms with Crippen molar-refractivity contribution in [1.29, 1.82) is 0 Å². The third kappa shape index (κ3) is 2.28. The number of benzene rings is 1. The van der Waals surface area contributed by atoms with Crippen molar-refractivity contribution >= 4 is 5.78 Å². The monoisotopic (exact) mass is 202 g/mol. The molecule has 0 aliphatic heterocycles. The van der Waals surface area contributed by atoms with E-state index in [0.29, 0.717) is 11.7 Å². The largest absolute Gasteiger partial charge is 0.294 e. The van der Waals surface area contributed by atoms with Gasteiger partial charge in [-0.1, -0.05) is 44.0 Å². The molecule has 15 heavy (non-hydrogen) atoms. The Morgan fingerprint density at radius 1 is 1.27 bits per heavy atom. The van der Waals surface area contributed by atoms with Crippen molar-refractivity contribution in [3.63, 3.8) is 0 Å². The molecule has 0 amide bonds. The molecule has 1 aromatic rings. The van der Waals surface area contributed by atoms with Crippen LogP contribution < -0.4 is 0 Å². The zero-order chi connectivity index (χ0) is 10.7. The number of aryl methyl sites for hydroxylation is 1. The summed E-state index contributed by atoms with van der Waals surface area (Å²) in [4.78, 5) is 11.9. The second-order valence-corrected chi connectivity index (χ2v) is 4.44. The summed E-state index contributed by atoms with van der Waals surface area (Å²) in [6.45, 7) is 2.17. The smallest absolute Gasteiger partial charge is 0.165 e. The number of hydrogen-bond acceptors (Lipinski definition) is 1. The van der Waals surface area contributed by atoms with Gasteiger partial charge in [-0.05, 0) is 24.8 Å². The summed E-state index contributed by atoms with van der Waals surface area (Å²) in [7, 11) is 0. The van der Waals surface area contributed by atoms with Crippen molar-refractivity contribution in [3.05, 3.63) is 35.4 Å². The summed E-state index contributed by atoms with van der Waals surface area (Å²) >= 11 is 0. The molecule has 1 aliphatic carbocycles. The summed E-state index contributed by atoms with van der Waals surface area (Å²) < 4.78 is 0. The van der Waals surface area contributed by atoms with Crippen molar-refractivity contribution in [2.24, 2.45) is 5.92 Å². The molecular formula is C14H18O. The first-order valence-corrected chi connectivity index (χ1v) is 5.94. The number of ketones is 1. The van der Waals surface area contributed by atoms with E-state index in [1.54, 1.807) is 0 Å². The molecule has 0 saturated heterocycles. The van der Waals surface area contributed by atoms with Gasteiger partial charge >= 0.3 is 0 Å². The molecule has 1 heteroatoms. The van der Waals surface area contributed by atoms with Gasteiger partial charge in [0.2, 0.25) is 0 Å². The van der Waals surface area contributed by atoms with Crippen LogP contribution in [0.2, 0.25) is 0 Å². The number of carbonyl (C=O) groups excluding carboxylic acids is 1. The van der Waals surface area contributed by atoms with Gasteiger partial charge in [-0.3, -0.25) is 4.79 Å². The van der Waals surface area contributed by atoms with Crippen LogP contribution in [0.15, 0.2) is 24.3 Å². The molecule has 0 atom stereocenters. The lowest BCUT2D eigenvalue weighted by molar-refractivity contribution is 0.0855. The van der Waals surface area contributed by atoms with Gasteiger partial charge in [-0.25, -0.2) is 0 Å². The molecule has 1 fully saturated rings. The van der Waals surface area contributed by atoms with Crippen LogP contribution in [0.3, 0.4) is 0 Å². The van der Waals surface area contributed by atoms with Crippen LogP contribution in [-0.2, 0) is 6.42 Å². The fourth-order valence-electron chi connectivity index (χ4n) is 2.03. The Labute approximate surface area is 91.5 Å². The van der Waals surface area contributed by atoms with E-state index in [1.807, 2.05) is 12.1 Å². The number of rotatable bonds is 4. The molecule has 0 radical (unpaired) electrons. The van der Waals surface area contributed by atoms with Crippen LogP contribution in [-0.4, -0.2) is 5.78 Å². The van der Waals surface area contributed by atoms with Crippen molar-refractivity contribution in [3.8, 4) is 0 Å². The summed E-state index contributed by atoms with van der Waals surface area (Å²) in [6, 6.07) is 8.17. The number of carbonyl (C=O) groups is 1. The summed E-state index contributed by atoms with van der Waals surface area (Å²) in [5, 5.41) is 0. The summed E-state index contributed by atoms with van der Waals surface area (Å²) in [5.74, 6) is 0.673. The molecular weight excluding hydrogens is 184 g/mol. The molecule has 80 valence electrons. The quantitative estimate of drug-likeness (QED) is 0.681. The lowest BCUT2D eigenvalue weighted by Gasteiger charge is -2.23. The topological polar surface area (TPSA) is 17.1 Å². The molecule has 1 nitrogen and oxygen atoms in total. The molecule has 1 saturated carbocycles. The Morgan fingerprint density at radius 3 is 2.40 bits per heavy atom. The predicted octanol–water partition coefficient (Wildman–Crippen LogP) is 3.62. The van der Waals surface area contributed by atoms with Gasteiger partial charge in [-0.2, -0.15) is 0 Å². The van der Waals surface area contributed by atoms with Gasteiger partial charge in [0.15, 0.2) is 5.78 Å². The Bertz CT molecular complexity index is 333. The normalized spacial score (nSPS) is 16.1. The van der Waals surface area contributed by atoms with Crippen LogP contribution in [0.25, 0.3) is 0 Å². The minimum atomic E-state index is 0.321. The predicted molar refractivity (Wildman–Crippen MR) is 62.1 cm³/mol. The molecule has 1 aliphatic rings. The van der Waals surface area contributed by atoms with Gasteiger partial charge in [0, 0.05) is 11.5 Å². The maximum absolute atomic E-state index is 11.9. The van der Waals surface area contributed by atoms with E-state index < -0.39 is 0 Å². The minimum absolute atomic E-state index is 0.321. The molecule has 0 N–H and O–H groups in total. The molecule has 0 spiro atoms. The second-order valence-electron chi connectivity index (χ2n) is 4.44. The maximum Gasteiger partial charge on any atom is 0.165 e.